The Morgan fingerprint density at radius 3 is 2.90 bits per heavy atom. The molecule has 1 N–H and O–H groups in total. The van der Waals surface area contributed by atoms with E-state index in [1.54, 1.807) is 6.20 Å². The molecule has 0 saturated carbocycles. The van der Waals surface area contributed by atoms with E-state index in [-0.39, 0.29) is 17.6 Å². The van der Waals surface area contributed by atoms with E-state index in [2.05, 4.69) is 25.2 Å². The van der Waals surface area contributed by atoms with E-state index in [4.69, 9.17) is 9.47 Å². The lowest BCUT2D eigenvalue weighted by molar-refractivity contribution is -0.140. The fourth-order valence-electron chi connectivity index (χ4n) is 2.96. The molecule has 1 aliphatic rings. The Morgan fingerprint density at radius 2 is 2.10 bits per heavy atom. The average molecular weight is 460 g/mol. The number of rotatable bonds is 7. The number of carbonyl (C=O) groups is 2. The SMILES string of the molecule is CC(=O)OCCSc1nc2ccc(NC(=O)c3cncc(N4CCOCC4)n3)cc2s1. The van der Waals surface area contributed by atoms with Crippen LogP contribution in [-0.4, -0.2) is 65.5 Å². The van der Waals surface area contributed by atoms with Gasteiger partial charge in [0, 0.05) is 31.5 Å². The van der Waals surface area contributed by atoms with Crippen LogP contribution >= 0.6 is 23.1 Å². The number of morpholine rings is 1. The molecule has 3 heterocycles. The van der Waals surface area contributed by atoms with Crippen molar-refractivity contribution in [1.82, 2.24) is 15.0 Å². The number of ether oxygens (including phenoxy) is 2. The zero-order valence-electron chi connectivity index (χ0n) is 16.9. The summed E-state index contributed by atoms with van der Waals surface area (Å²) in [4.78, 5) is 38.8. The fraction of sp³-hybridized carbons (Fsp3) is 0.350. The van der Waals surface area contributed by atoms with Gasteiger partial charge in [-0.3, -0.25) is 14.6 Å². The number of aromatic nitrogens is 3. The van der Waals surface area contributed by atoms with Gasteiger partial charge in [-0.05, 0) is 18.2 Å². The van der Waals surface area contributed by atoms with E-state index < -0.39 is 0 Å². The van der Waals surface area contributed by atoms with Gasteiger partial charge in [-0.2, -0.15) is 0 Å². The topological polar surface area (TPSA) is 107 Å². The number of nitrogens with zero attached hydrogens (tertiary/aromatic N) is 4. The summed E-state index contributed by atoms with van der Waals surface area (Å²) in [5, 5.41) is 2.88. The van der Waals surface area contributed by atoms with Gasteiger partial charge in [0.2, 0.25) is 0 Å². The Labute approximate surface area is 187 Å². The highest BCUT2D eigenvalue weighted by Gasteiger charge is 2.16. The van der Waals surface area contributed by atoms with Crippen LogP contribution in [0.25, 0.3) is 10.2 Å². The number of hydrogen-bond acceptors (Lipinski definition) is 10. The van der Waals surface area contributed by atoms with Crippen molar-refractivity contribution in [3.63, 3.8) is 0 Å². The second kappa shape index (κ2) is 10.0. The van der Waals surface area contributed by atoms with Gasteiger partial charge in [0.1, 0.15) is 18.1 Å². The van der Waals surface area contributed by atoms with Crippen molar-refractivity contribution < 1.29 is 19.1 Å². The summed E-state index contributed by atoms with van der Waals surface area (Å²) in [5.41, 5.74) is 1.78. The van der Waals surface area contributed by atoms with Gasteiger partial charge in [-0.1, -0.05) is 11.8 Å². The van der Waals surface area contributed by atoms with Crippen LogP contribution in [0.15, 0.2) is 34.9 Å². The molecule has 31 heavy (non-hydrogen) atoms. The molecule has 9 nitrogen and oxygen atoms in total. The third kappa shape index (κ3) is 5.69. The molecule has 0 radical (unpaired) electrons. The van der Waals surface area contributed by atoms with Crippen LogP contribution in [0.1, 0.15) is 17.4 Å². The first kappa shape index (κ1) is 21.5. The molecular weight excluding hydrogens is 438 g/mol. The zero-order valence-corrected chi connectivity index (χ0v) is 18.5. The third-order valence-electron chi connectivity index (χ3n) is 4.43. The zero-order chi connectivity index (χ0) is 21.6. The third-order valence-corrected chi connectivity index (χ3v) is 6.56. The maximum Gasteiger partial charge on any atom is 0.302 e. The number of nitrogens with one attached hydrogen (secondary N) is 1. The highest BCUT2D eigenvalue weighted by molar-refractivity contribution is 8.01. The average Bonchev–Trinajstić information content (AvgIpc) is 3.19. The second-order valence-electron chi connectivity index (χ2n) is 6.67. The van der Waals surface area contributed by atoms with Crippen LogP contribution in [0.4, 0.5) is 11.5 Å². The minimum absolute atomic E-state index is 0.259. The molecule has 0 spiro atoms. The van der Waals surface area contributed by atoms with Crippen molar-refractivity contribution in [1.29, 1.82) is 0 Å². The Bertz CT molecular complexity index is 1080. The highest BCUT2D eigenvalue weighted by Crippen LogP contribution is 2.31. The lowest BCUT2D eigenvalue weighted by Gasteiger charge is -2.27. The highest BCUT2D eigenvalue weighted by atomic mass is 32.2. The van der Waals surface area contributed by atoms with Gasteiger partial charge >= 0.3 is 5.97 Å². The first-order valence-corrected chi connectivity index (χ1v) is 11.5. The lowest BCUT2D eigenvalue weighted by atomic mass is 10.3. The smallest absolute Gasteiger partial charge is 0.302 e. The van der Waals surface area contributed by atoms with E-state index in [0.717, 1.165) is 27.6 Å². The molecule has 1 aromatic carbocycles. The summed E-state index contributed by atoms with van der Waals surface area (Å²) in [7, 11) is 0. The van der Waals surface area contributed by atoms with E-state index in [1.165, 1.54) is 36.2 Å². The lowest BCUT2D eigenvalue weighted by Crippen LogP contribution is -2.37. The Kier molecular flexibility index (Phi) is 6.95. The largest absolute Gasteiger partial charge is 0.465 e. The number of carbonyl (C=O) groups excluding carboxylic acids is 2. The van der Waals surface area contributed by atoms with Crippen molar-refractivity contribution in [2.45, 2.75) is 11.3 Å². The van der Waals surface area contributed by atoms with Gasteiger partial charge in [-0.25, -0.2) is 9.97 Å². The summed E-state index contributed by atoms with van der Waals surface area (Å²) < 4.78 is 12.1. The standard InChI is InChI=1S/C20H21N5O4S2/c1-13(26)29-8-9-30-20-24-15-3-2-14(10-17(15)31-20)22-19(27)16-11-21-12-18(23-16)25-4-6-28-7-5-25/h2-3,10-12H,4-9H2,1H3,(H,22,27). The van der Waals surface area contributed by atoms with Crippen LogP contribution in [0.5, 0.6) is 0 Å². The normalized spacial score (nSPS) is 13.9. The summed E-state index contributed by atoms with van der Waals surface area (Å²) in [5.74, 6) is 0.707. The van der Waals surface area contributed by atoms with Crippen molar-refractivity contribution in [3.8, 4) is 0 Å². The molecule has 0 aliphatic carbocycles. The van der Waals surface area contributed by atoms with Crippen molar-refractivity contribution in [2.75, 3.05) is 48.9 Å². The number of anilines is 2. The van der Waals surface area contributed by atoms with Gasteiger partial charge in [0.25, 0.3) is 5.91 Å². The first-order chi connectivity index (χ1) is 15.1. The van der Waals surface area contributed by atoms with Crippen molar-refractivity contribution in [2.24, 2.45) is 0 Å². The Hall–Kier alpha value is -2.76. The molecule has 4 rings (SSSR count). The summed E-state index contributed by atoms with van der Waals surface area (Å²) in [6.45, 7) is 4.46. The Balaban J connectivity index is 1.41. The summed E-state index contributed by atoms with van der Waals surface area (Å²) >= 11 is 3.06. The summed E-state index contributed by atoms with van der Waals surface area (Å²) in [6, 6.07) is 5.57. The predicted molar refractivity (Wildman–Crippen MR) is 120 cm³/mol. The van der Waals surface area contributed by atoms with Crippen molar-refractivity contribution in [3.05, 3.63) is 36.3 Å². The van der Waals surface area contributed by atoms with E-state index in [0.29, 0.717) is 37.1 Å². The number of thiazole rings is 1. The fourth-order valence-corrected chi connectivity index (χ4v) is 4.96. The van der Waals surface area contributed by atoms with Crippen LogP contribution in [0, 0.1) is 0 Å². The molecule has 11 heteroatoms. The molecule has 1 aliphatic heterocycles. The molecule has 1 saturated heterocycles. The minimum atomic E-state index is -0.317. The number of amides is 1. The van der Waals surface area contributed by atoms with Crippen LogP contribution in [-0.2, 0) is 14.3 Å². The van der Waals surface area contributed by atoms with E-state index in [9.17, 15) is 9.59 Å². The van der Waals surface area contributed by atoms with Crippen LogP contribution < -0.4 is 10.2 Å². The Morgan fingerprint density at radius 1 is 1.26 bits per heavy atom. The molecular formula is C20H21N5O4S2. The van der Waals surface area contributed by atoms with Gasteiger partial charge in [0.15, 0.2) is 4.34 Å². The van der Waals surface area contributed by atoms with Gasteiger partial charge < -0.3 is 19.7 Å². The number of fused-ring (bicyclic) bond motifs is 1. The van der Waals surface area contributed by atoms with Crippen LogP contribution in [0.3, 0.4) is 0 Å². The summed E-state index contributed by atoms with van der Waals surface area (Å²) in [6.07, 6.45) is 3.12. The molecule has 3 aromatic rings. The molecule has 162 valence electrons. The number of thioether (sulfide) groups is 1. The van der Waals surface area contributed by atoms with Gasteiger partial charge in [0.05, 0.1) is 35.8 Å². The minimum Gasteiger partial charge on any atom is -0.465 e. The molecule has 2 aromatic heterocycles. The molecule has 1 amide bonds. The number of esters is 1. The molecule has 0 atom stereocenters. The van der Waals surface area contributed by atoms with Crippen molar-refractivity contribution >= 4 is 56.7 Å². The molecule has 0 unspecified atom stereocenters. The monoisotopic (exact) mass is 459 g/mol. The molecule has 0 bridgehead atoms. The maximum atomic E-state index is 12.7. The first-order valence-electron chi connectivity index (χ1n) is 9.71. The number of benzene rings is 1. The molecule has 1 fully saturated rings. The predicted octanol–water partition coefficient (Wildman–Crippen LogP) is 2.83. The quantitative estimate of drug-likeness (QED) is 0.324. The van der Waals surface area contributed by atoms with E-state index in [1.807, 2.05) is 18.2 Å². The van der Waals surface area contributed by atoms with Crippen LogP contribution in [0.2, 0.25) is 0 Å². The maximum absolute atomic E-state index is 12.7. The van der Waals surface area contributed by atoms with Gasteiger partial charge in [-0.15, -0.1) is 11.3 Å². The number of hydrogen-bond donors (Lipinski definition) is 1. The second-order valence-corrected chi connectivity index (χ2v) is 9.04. The van der Waals surface area contributed by atoms with E-state index >= 15 is 0 Å².